The van der Waals surface area contributed by atoms with Gasteiger partial charge in [0.2, 0.25) is 5.91 Å². The minimum Gasteiger partial charge on any atom is -0.462 e. The maximum Gasteiger partial charge on any atom is 0.320 e. The highest BCUT2D eigenvalue weighted by Crippen LogP contribution is 2.36. The van der Waals surface area contributed by atoms with Crippen LogP contribution in [-0.2, 0) is 16.1 Å². The molecule has 0 radical (unpaired) electrons. The molecule has 304 valence electrons. The van der Waals surface area contributed by atoms with Gasteiger partial charge in [0.05, 0.1) is 52.2 Å². The molecular weight excluding hydrogens is 763 g/mol. The molecule has 2 aromatic carbocycles. The van der Waals surface area contributed by atoms with Crippen LogP contribution in [0.4, 0.5) is 20.4 Å². The Morgan fingerprint density at radius 3 is 2.56 bits per heavy atom. The second kappa shape index (κ2) is 14.5. The van der Waals surface area contributed by atoms with Crippen molar-refractivity contribution in [3.8, 4) is 23.0 Å². The second-order valence-electron chi connectivity index (χ2n) is 15.6. The van der Waals surface area contributed by atoms with E-state index in [-0.39, 0.29) is 36.0 Å². The van der Waals surface area contributed by atoms with E-state index in [1.54, 1.807) is 30.2 Å². The first-order valence-electron chi connectivity index (χ1n) is 19.8. The number of carbonyl (C=O) groups excluding carboxylic acids is 2. The van der Waals surface area contributed by atoms with Gasteiger partial charge in [0.1, 0.15) is 41.7 Å². The Morgan fingerprint density at radius 2 is 1.73 bits per heavy atom. The molecule has 11 rings (SSSR count). The summed E-state index contributed by atoms with van der Waals surface area (Å²) in [6, 6.07) is 11.6. The van der Waals surface area contributed by atoms with Crippen molar-refractivity contribution in [2.45, 2.75) is 38.1 Å². The Morgan fingerprint density at radius 1 is 0.898 bits per heavy atom. The summed E-state index contributed by atoms with van der Waals surface area (Å²) in [4.78, 5) is 55.7. The van der Waals surface area contributed by atoms with Gasteiger partial charge in [-0.3, -0.25) is 14.5 Å². The van der Waals surface area contributed by atoms with Crippen LogP contribution in [0.15, 0.2) is 54.7 Å². The van der Waals surface area contributed by atoms with E-state index in [4.69, 9.17) is 29.5 Å². The van der Waals surface area contributed by atoms with Gasteiger partial charge in [0.15, 0.2) is 5.65 Å². The summed E-state index contributed by atoms with van der Waals surface area (Å²) in [7, 11) is 3.37. The smallest absolute Gasteiger partial charge is 0.320 e. The van der Waals surface area contributed by atoms with Gasteiger partial charge in [0, 0.05) is 77.6 Å². The number of aryl methyl sites for hydroxylation is 1. The van der Waals surface area contributed by atoms with Crippen LogP contribution in [0.1, 0.15) is 22.6 Å². The van der Waals surface area contributed by atoms with Crippen LogP contribution in [0, 0.1) is 18.6 Å². The Hall–Kier alpha value is -6.27. The minimum atomic E-state index is -0.700. The van der Waals surface area contributed by atoms with Gasteiger partial charge in [0.25, 0.3) is 5.91 Å². The van der Waals surface area contributed by atoms with Gasteiger partial charge < -0.3 is 34.1 Å². The number of fused-ring (bicyclic) bond motifs is 9. The summed E-state index contributed by atoms with van der Waals surface area (Å²) in [5.41, 5.74) is 3.26. The first kappa shape index (κ1) is 37.0. The number of aromatic nitrogens is 7. The lowest BCUT2D eigenvalue weighted by Crippen LogP contribution is -2.49. The molecule has 6 aromatic rings. The highest BCUT2D eigenvalue weighted by Gasteiger charge is 2.41. The number of rotatable bonds is 2. The molecule has 3 atom stereocenters. The van der Waals surface area contributed by atoms with Crippen molar-refractivity contribution < 1.29 is 27.8 Å². The molecule has 8 bridgehead atoms. The molecule has 2 fully saturated rings. The van der Waals surface area contributed by atoms with Crippen LogP contribution < -0.4 is 15.0 Å². The number of likely N-dealkylation sites (N-methyl/N-ethyl adjacent to an activating group) is 1. The number of nitrogens with one attached hydrogen (secondary N) is 1. The van der Waals surface area contributed by atoms with Crippen molar-refractivity contribution in [3.05, 3.63) is 77.8 Å². The Bertz CT molecular complexity index is 2640. The lowest BCUT2D eigenvalue weighted by Gasteiger charge is -2.35. The number of methoxy groups -OCH3 is 1. The zero-order valence-corrected chi connectivity index (χ0v) is 32.8. The molecule has 18 heteroatoms. The predicted molar refractivity (Wildman–Crippen MR) is 214 cm³/mol. The molecule has 16 nitrogen and oxygen atoms in total. The number of imidazole rings is 1. The standard InChI is InChI=1S/C41H42F2N12O4/c1-23-45-32-17-25(43)16-28-31-5-4-6-35(47-31)46-26-18-34(40(57)50(2)21-27(58-3)22-53(23)36(28)32)54(20-26)37-30-19-44-55-33-8-7-24(42)15-29(33)39(56)52-11-9-51(10-12-52)13-14-59-41(48-37)49-38(30)55/h4-8,15-17,19,26-27,34H,9-14,18,20-22H2,1-3H3,(H,46,47)/t26?,27-,34-/m0/s1. The normalized spacial score (nSPS) is 21.4. The molecule has 2 saturated heterocycles. The fourth-order valence-corrected chi connectivity index (χ4v) is 8.92. The summed E-state index contributed by atoms with van der Waals surface area (Å²) in [5.74, 6) is 0.241. The number of ether oxygens (including phenoxy) is 2. The third-order valence-corrected chi connectivity index (χ3v) is 11.9. The number of piperazine rings is 1. The molecule has 2 amide bonds. The Kier molecular flexibility index (Phi) is 9.12. The number of hydrogen-bond donors (Lipinski definition) is 1. The summed E-state index contributed by atoms with van der Waals surface area (Å²) in [5, 5.41) is 8.78. The summed E-state index contributed by atoms with van der Waals surface area (Å²) < 4.78 is 45.7. The van der Waals surface area contributed by atoms with Gasteiger partial charge in [-0.25, -0.2) is 23.4 Å². The number of amides is 2. The summed E-state index contributed by atoms with van der Waals surface area (Å²) in [6.07, 6.45) is 1.55. The molecule has 4 aromatic heterocycles. The maximum absolute atomic E-state index is 15.1. The topological polar surface area (TPSA) is 152 Å². The highest BCUT2D eigenvalue weighted by molar-refractivity contribution is 5.99. The van der Waals surface area contributed by atoms with Crippen LogP contribution in [0.3, 0.4) is 0 Å². The molecule has 5 aliphatic heterocycles. The van der Waals surface area contributed by atoms with E-state index in [1.165, 1.54) is 35.0 Å². The van der Waals surface area contributed by atoms with E-state index in [0.717, 1.165) is 5.52 Å². The monoisotopic (exact) mass is 804 g/mol. The van der Waals surface area contributed by atoms with E-state index in [2.05, 4.69) is 15.2 Å². The fourth-order valence-electron chi connectivity index (χ4n) is 8.92. The summed E-state index contributed by atoms with van der Waals surface area (Å²) in [6.45, 7) is 5.92. The van der Waals surface area contributed by atoms with Crippen molar-refractivity contribution in [2.75, 3.05) is 76.8 Å². The zero-order chi connectivity index (χ0) is 40.5. The number of hydrogen-bond acceptors (Lipinski definition) is 12. The van der Waals surface area contributed by atoms with Gasteiger partial charge in [-0.05, 0) is 49.7 Å². The first-order chi connectivity index (χ1) is 28.6. The molecule has 1 unspecified atom stereocenters. The van der Waals surface area contributed by atoms with Gasteiger partial charge in [-0.2, -0.15) is 15.1 Å². The van der Waals surface area contributed by atoms with Gasteiger partial charge in [-0.15, -0.1) is 0 Å². The van der Waals surface area contributed by atoms with Crippen molar-refractivity contribution in [3.63, 3.8) is 0 Å². The highest BCUT2D eigenvalue weighted by atomic mass is 19.1. The Balaban J connectivity index is 1.09. The van der Waals surface area contributed by atoms with Crippen molar-refractivity contribution in [1.82, 2.24) is 49.0 Å². The summed E-state index contributed by atoms with van der Waals surface area (Å²) >= 11 is 0. The minimum absolute atomic E-state index is 0.0831. The lowest BCUT2D eigenvalue weighted by atomic mass is 10.1. The Labute approximate surface area is 337 Å². The number of pyridine rings is 1. The molecule has 1 N–H and O–H groups in total. The van der Waals surface area contributed by atoms with Gasteiger partial charge in [-0.1, -0.05) is 6.07 Å². The SMILES string of the molecule is CO[C@H]1CN(C)C(=O)[C@@H]2CC(CN2c2nc3nc4c2cnn4-c2ccc(F)cc2C(=O)N2CCN(CCO3)CC2)Nc2cccc(n2)-c2cc(F)cc3nc(C)n(c23)C1. The van der Waals surface area contributed by atoms with E-state index in [1.807, 2.05) is 34.6 Å². The van der Waals surface area contributed by atoms with Crippen LogP contribution in [0.25, 0.3) is 39.0 Å². The van der Waals surface area contributed by atoms with E-state index in [9.17, 15) is 14.0 Å². The molecule has 0 aliphatic carbocycles. The van der Waals surface area contributed by atoms with E-state index >= 15 is 4.39 Å². The lowest BCUT2D eigenvalue weighted by molar-refractivity contribution is -0.132. The van der Waals surface area contributed by atoms with Gasteiger partial charge >= 0.3 is 6.01 Å². The van der Waals surface area contributed by atoms with E-state index in [0.29, 0.717) is 110 Å². The number of anilines is 2. The second-order valence-corrected chi connectivity index (χ2v) is 15.6. The maximum atomic E-state index is 15.1. The predicted octanol–water partition coefficient (Wildman–Crippen LogP) is 3.51. The average molecular weight is 805 g/mol. The number of halogens is 2. The van der Waals surface area contributed by atoms with Crippen LogP contribution >= 0.6 is 0 Å². The molecular formula is C41H42F2N12O4. The fraction of sp³-hybridized carbons (Fsp3) is 0.390. The molecule has 0 saturated carbocycles. The largest absolute Gasteiger partial charge is 0.462 e. The number of carbonyl (C=O) groups is 2. The quantitative estimate of drug-likeness (QED) is 0.273. The van der Waals surface area contributed by atoms with Crippen LogP contribution in [0.2, 0.25) is 0 Å². The third-order valence-electron chi connectivity index (χ3n) is 11.9. The number of nitrogens with zero attached hydrogens (tertiary/aromatic N) is 11. The molecule has 0 spiro atoms. The average Bonchev–Trinajstić information content (AvgIpc) is 3.94. The van der Waals surface area contributed by atoms with Crippen LogP contribution in [0.5, 0.6) is 6.01 Å². The van der Waals surface area contributed by atoms with Crippen LogP contribution in [-0.4, -0.2) is 146 Å². The van der Waals surface area contributed by atoms with Crippen molar-refractivity contribution >= 4 is 45.5 Å². The molecule has 59 heavy (non-hydrogen) atoms. The van der Waals surface area contributed by atoms with Crippen molar-refractivity contribution in [2.24, 2.45) is 0 Å². The zero-order valence-electron chi connectivity index (χ0n) is 32.8. The third kappa shape index (κ3) is 6.55. The molecule has 5 aliphatic rings. The number of benzene rings is 2. The van der Waals surface area contributed by atoms with Crippen molar-refractivity contribution in [1.29, 1.82) is 0 Å². The molecule has 9 heterocycles. The first-order valence-corrected chi connectivity index (χ1v) is 19.8. The van der Waals surface area contributed by atoms with E-state index < -0.39 is 23.8 Å².